The average Bonchev–Trinajstić information content (AvgIpc) is 2.82. The Morgan fingerprint density at radius 3 is 3.00 bits per heavy atom. The summed E-state index contributed by atoms with van der Waals surface area (Å²) in [4.78, 5) is 25.5. The van der Waals surface area contributed by atoms with E-state index < -0.39 is 6.04 Å². The molecule has 0 aliphatic carbocycles. The molecule has 21 heavy (non-hydrogen) atoms. The van der Waals surface area contributed by atoms with Crippen LogP contribution in [0.25, 0.3) is 0 Å². The van der Waals surface area contributed by atoms with Crippen LogP contribution in [0.2, 0.25) is 0 Å². The van der Waals surface area contributed by atoms with Gasteiger partial charge in [0.15, 0.2) is 0 Å². The Labute approximate surface area is 124 Å². The molecule has 2 heterocycles. The molecule has 7 heteroatoms. The number of aromatic nitrogens is 2. The number of amides is 3. The maximum absolute atomic E-state index is 12.3. The highest BCUT2D eigenvalue weighted by Gasteiger charge is 2.29. The number of hydrogen-bond acceptors (Lipinski definition) is 3. The number of urea groups is 1. The first-order valence-electron chi connectivity index (χ1n) is 7.35. The predicted octanol–water partition coefficient (Wildman–Crippen LogP) is 1.51. The van der Waals surface area contributed by atoms with E-state index in [-0.39, 0.29) is 18.0 Å². The van der Waals surface area contributed by atoms with Crippen LogP contribution in [0.15, 0.2) is 6.20 Å². The Hall–Kier alpha value is -2.05. The molecule has 7 nitrogen and oxygen atoms in total. The van der Waals surface area contributed by atoms with Gasteiger partial charge in [0.1, 0.15) is 6.04 Å². The lowest BCUT2D eigenvalue weighted by Crippen LogP contribution is -2.56. The summed E-state index contributed by atoms with van der Waals surface area (Å²) in [5.74, 6) is -0.122. The Balaban J connectivity index is 2.09. The van der Waals surface area contributed by atoms with E-state index in [1.807, 2.05) is 11.6 Å². The third-order valence-electron chi connectivity index (χ3n) is 4.05. The minimum Gasteiger partial charge on any atom is -0.353 e. The topological polar surface area (TPSA) is 79.3 Å². The second kappa shape index (κ2) is 6.15. The molecule has 0 spiro atoms. The normalized spacial score (nSPS) is 20.1. The first kappa shape index (κ1) is 15.3. The van der Waals surface area contributed by atoms with Gasteiger partial charge in [-0.2, -0.15) is 5.10 Å². The molecule has 0 bridgehead atoms. The number of nitrogens with one attached hydrogen (secondary N) is 2. The first-order valence-corrected chi connectivity index (χ1v) is 7.35. The fourth-order valence-electron chi connectivity index (χ4n) is 2.41. The molecule has 2 N–H and O–H groups in total. The monoisotopic (exact) mass is 293 g/mol. The molecule has 2 atom stereocenters. The lowest BCUT2D eigenvalue weighted by Gasteiger charge is -2.32. The fraction of sp³-hybridized carbons (Fsp3) is 0.643. The zero-order chi connectivity index (χ0) is 15.6. The standard InChI is InChI=1S/C14H23N5O2/c1-5-9(2)19-10(3)12(8-16-19)17-14(21)18-7-6-15-13(20)11(18)4/h8-9,11H,5-7H2,1-4H3,(H,15,20)(H,17,21)/t9-,11+/m0/s1. The lowest BCUT2D eigenvalue weighted by atomic mass is 10.2. The molecule has 1 aliphatic rings. The van der Waals surface area contributed by atoms with Crippen LogP contribution in [0.5, 0.6) is 0 Å². The van der Waals surface area contributed by atoms with Gasteiger partial charge in [0.05, 0.1) is 17.6 Å². The van der Waals surface area contributed by atoms with Gasteiger partial charge >= 0.3 is 6.03 Å². The molecule has 1 fully saturated rings. The van der Waals surface area contributed by atoms with Crippen molar-refractivity contribution in [2.75, 3.05) is 18.4 Å². The predicted molar refractivity (Wildman–Crippen MR) is 80.2 cm³/mol. The van der Waals surface area contributed by atoms with E-state index in [1.54, 1.807) is 18.0 Å². The number of hydrogen-bond donors (Lipinski definition) is 2. The largest absolute Gasteiger partial charge is 0.353 e. The van der Waals surface area contributed by atoms with E-state index in [9.17, 15) is 9.59 Å². The summed E-state index contributed by atoms with van der Waals surface area (Å²) in [6, 6.07) is -0.428. The first-order chi connectivity index (χ1) is 9.95. The molecular weight excluding hydrogens is 270 g/mol. The van der Waals surface area contributed by atoms with E-state index in [0.717, 1.165) is 12.1 Å². The Morgan fingerprint density at radius 1 is 1.62 bits per heavy atom. The van der Waals surface area contributed by atoms with Crippen molar-refractivity contribution in [3.63, 3.8) is 0 Å². The smallest absolute Gasteiger partial charge is 0.322 e. The zero-order valence-corrected chi connectivity index (χ0v) is 13.0. The van der Waals surface area contributed by atoms with Gasteiger partial charge in [-0.05, 0) is 27.2 Å². The summed E-state index contributed by atoms with van der Waals surface area (Å²) in [7, 11) is 0. The van der Waals surface area contributed by atoms with E-state index in [4.69, 9.17) is 0 Å². The highest BCUT2D eigenvalue weighted by molar-refractivity contribution is 5.94. The maximum atomic E-state index is 12.3. The number of rotatable bonds is 3. The Morgan fingerprint density at radius 2 is 2.33 bits per heavy atom. The average molecular weight is 293 g/mol. The molecule has 0 unspecified atom stereocenters. The number of nitrogens with zero attached hydrogens (tertiary/aromatic N) is 3. The molecule has 0 aromatic carbocycles. The summed E-state index contributed by atoms with van der Waals surface area (Å²) in [5.41, 5.74) is 1.62. The summed E-state index contributed by atoms with van der Waals surface area (Å²) < 4.78 is 1.90. The van der Waals surface area contributed by atoms with Crippen molar-refractivity contribution in [3.8, 4) is 0 Å². The van der Waals surface area contributed by atoms with Crippen LogP contribution in [0.3, 0.4) is 0 Å². The number of anilines is 1. The maximum Gasteiger partial charge on any atom is 0.322 e. The molecule has 1 aromatic rings. The minimum atomic E-state index is -0.455. The van der Waals surface area contributed by atoms with Crippen LogP contribution >= 0.6 is 0 Å². The number of piperazine rings is 1. The van der Waals surface area contributed by atoms with Crippen molar-refractivity contribution < 1.29 is 9.59 Å². The van der Waals surface area contributed by atoms with E-state index in [1.165, 1.54) is 0 Å². The van der Waals surface area contributed by atoms with Gasteiger partial charge < -0.3 is 15.5 Å². The van der Waals surface area contributed by atoms with Crippen molar-refractivity contribution in [1.29, 1.82) is 0 Å². The van der Waals surface area contributed by atoms with Crippen LogP contribution in [-0.2, 0) is 4.79 Å². The highest BCUT2D eigenvalue weighted by atomic mass is 16.2. The van der Waals surface area contributed by atoms with E-state index >= 15 is 0 Å². The van der Waals surface area contributed by atoms with Gasteiger partial charge in [0, 0.05) is 19.1 Å². The summed E-state index contributed by atoms with van der Waals surface area (Å²) in [5, 5.41) is 9.92. The molecule has 1 aromatic heterocycles. The third-order valence-corrected chi connectivity index (χ3v) is 4.05. The van der Waals surface area contributed by atoms with Gasteiger partial charge in [-0.25, -0.2) is 4.79 Å². The molecule has 0 radical (unpaired) electrons. The summed E-state index contributed by atoms with van der Waals surface area (Å²) in [6.07, 6.45) is 2.63. The summed E-state index contributed by atoms with van der Waals surface area (Å²) in [6.45, 7) is 8.84. The van der Waals surface area contributed by atoms with Crippen molar-refractivity contribution in [3.05, 3.63) is 11.9 Å². The molecule has 2 rings (SSSR count). The Bertz CT molecular complexity index is 539. The molecule has 116 valence electrons. The molecule has 3 amide bonds. The Kier molecular flexibility index (Phi) is 4.50. The van der Waals surface area contributed by atoms with Crippen molar-refractivity contribution in [2.45, 2.75) is 46.2 Å². The van der Waals surface area contributed by atoms with Crippen molar-refractivity contribution in [2.24, 2.45) is 0 Å². The van der Waals surface area contributed by atoms with Crippen LogP contribution in [-0.4, -0.2) is 45.8 Å². The summed E-state index contributed by atoms with van der Waals surface area (Å²) >= 11 is 0. The van der Waals surface area contributed by atoms with Gasteiger partial charge in [-0.15, -0.1) is 0 Å². The third kappa shape index (κ3) is 3.01. The minimum absolute atomic E-state index is 0.122. The van der Waals surface area contributed by atoms with Crippen LogP contribution < -0.4 is 10.6 Å². The van der Waals surface area contributed by atoms with Gasteiger partial charge in [-0.1, -0.05) is 6.92 Å². The van der Waals surface area contributed by atoms with Gasteiger partial charge in [0.2, 0.25) is 5.91 Å². The van der Waals surface area contributed by atoms with E-state index in [0.29, 0.717) is 18.8 Å². The number of carbonyl (C=O) groups excluding carboxylic acids is 2. The SMILES string of the molecule is CC[C@H](C)n1ncc(NC(=O)N2CCNC(=O)[C@H]2C)c1C. The van der Waals surface area contributed by atoms with Gasteiger partial charge in [0.25, 0.3) is 0 Å². The van der Waals surface area contributed by atoms with Crippen LogP contribution in [0.1, 0.15) is 38.9 Å². The second-order valence-electron chi connectivity index (χ2n) is 5.44. The fourth-order valence-corrected chi connectivity index (χ4v) is 2.41. The second-order valence-corrected chi connectivity index (χ2v) is 5.44. The van der Waals surface area contributed by atoms with Gasteiger partial charge in [-0.3, -0.25) is 9.48 Å². The van der Waals surface area contributed by atoms with E-state index in [2.05, 4.69) is 29.6 Å². The highest BCUT2D eigenvalue weighted by Crippen LogP contribution is 2.20. The zero-order valence-electron chi connectivity index (χ0n) is 13.0. The van der Waals surface area contributed by atoms with Crippen LogP contribution in [0, 0.1) is 6.92 Å². The molecular formula is C14H23N5O2. The number of carbonyl (C=O) groups is 2. The van der Waals surface area contributed by atoms with Crippen molar-refractivity contribution in [1.82, 2.24) is 20.0 Å². The molecule has 0 saturated carbocycles. The molecule has 1 saturated heterocycles. The van der Waals surface area contributed by atoms with Crippen LogP contribution in [0.4, 0.5) is 10.5 Å². The van der Waals surface area contributed by atoms with Crippen molar-refractivity contribution >= 4 is 17.6 Å². The molecule has 1 aliphatic heterocycles. The lowest BCUT2D eigenvalue weighted by molar-refractivity contribution is -0.126. The quantitative estimate of drug-likeness (QED) is 0.886.